The first kappa shape index (κ1) is 17.4. The molecule has 1 atom stereocenters. The monoisotopic (exact) mass is 305 g/mol. The van der Waals surface area contributed by atoms with Gasteiger partial charge in [0.1, 0.15) is 0 Å². The molecule has 1 aliphatic rings. The minimum absolute atomic E-state index is 0.219. The van der Waals surface area contributed by atoms with Crippen molar-refractivity contribution in [3.63, 3.8) is 0 Å². The molecule has 0 amide bonds. The first-order chi connectivity index (χ1) is 10.7. The Hall–Kier alpha value is -0.940. The van der Waals surface area contributed by atoms with Gasteiger partial charge < -0.3 is 10.4 Å². The molecular weight excluding hydrogens is 274 g/mol. The smallest absolute Gasteiger partial charge is 0.0558 e. The summed E-state index contributed by atoms with van der Waals surface area (Å²) < 4.78 is 0. The zero-order valence-corrected chi connectivity index (χ0v) is 14.3. The molecule has 1 aromatic carbocycles. The zero-order chi connectivity index (χ0) is 15.9. The molecule has 0 spiro atoms. The van der Waals surface area contributed by atoms with Crippen LogP contribution in [0.4, 0.5) is 0 Å². The Morgan fingerprint density at radius 1 is 1.23 bits per heavy atom. The third kappa shape index (κ3) is 4.53. The fourth-order valence-electron chi connectivity index (χ4n) is 3.20. The van der Waals surface area contributed by atoms with E-state index >= 15 is 0 Å². The molecule has 0 bridgehead atoms. The van der Waals surface area contributed by atoms with Gasteiger partial charge in [0.05, 0.1) is 6.61 Å². The van der Waals surface area contributed by atoms with Crippen LogP contribution in [0.25, 0.3) is 0 Å². The summed E-state index contributed by atoms with van der Waals surface area (Å²) >= 11 is 0. The Labute approximate surface area is 135 Å². The number of hydrogen-bond acceptors (Lipinski definition) is 4. The SMILES string of the molecule is CCN(CCO)C(CN1CCNCC1)c1ccc(C)c(C)c1. The first-order valence-electron chi connectivity index (χ1n) is 8.50. The second-order valence-corrected chi connectivity index (χ2v) is 6.26. The van der Waals surface area contributed by atoms with Crippen LogP contribution in [0.3, 0.4) is 0 Å². The number of piperazine rings is 1. The van der Waals surface area contributed by atoms with E-state index in [4.69, 9.17) is 0 Å². The molecule has 0 aliphatic carbocycles. The van der Waals surface area contributed by atoms with Gasteiger partial charge >= 0.3 is 0 Å². The lowest BCUT2D eigenvalue weighted by Crippen LogP contribution is -2.47. The molecule has 1 aliphatic heterocycles. The molecule has 0 saturated carbocycles. The number of hydrogen-bond donors (Lipinski definition) is 2. The molecule has 2 N–H and O–H groups in total. The number of rotatable bonds is 7. The van der Waals surface area contributed by atoms with Crippen molar-refractivity contribution in [2.45, 2.75) is 26.8 Å². The maximum atomic E-state index is 9.40. The van der Waals surface area contributed by atoms with Crippen molar-refractivity contribution in [2.75, 3.05) is 52.4 Å². The lowest BCUT2D eigenvalue weighted by molar-refractivity contribution is 0.113. The summed E-state index contributed by atoms with van der Waals surface area (Å²) in [7, 11) is 0. The Balaban J connectivity index is 2.20. The highest BCUT2D eigenvalue weighted by molar-refractivity contribution is 5.32. The van der Waals surface area contributed by atoms with E-state index < -0.39 is 0 Å². The van der Waals surface area contributed by atoms with Crippen LogP contribution in [0.15, 0.2) is 18.2 Å². The molecule has 1 unspecified atom stereocenters. The van der Waals surface area contributed by atoms with Crippen LogP contribution >= 0.6 is 0 Å². The van der Waals surface area contributed by atoms with E-state index in [0.29, 0.717) is 6.04 Å². The van der Waals surface area contributed by atoms with Crippen molar-refractivity contribution in [2.24, 2.45) is 0 Å². The van der Waals surface area contributed by atoms with Gasteiger partial charge in [0.25, 0.3) is 0 Å². The standard InChI is InChI=1S/C18H31N3O/c1-4-21(11-12-22)18(14-20-9-7-19-8-10-20)17-6-5-15(2)16(3)13-17/h5-6,13,18-19,22H,4,7-12,14H2,1-3H3. The molecule has 4 heteroatoms. The number of aliphatic hydroxyl groups excluding tert-OH is 1. The summed E-state index contributed by atoms with van der Waals surface area (Å²) in [4.78, 5) is 4.93. The van der Waals surface area contributed by atoms with Crippen LogP contribution in [-0.2, 0) is 0 Å². The van der Waals surface area contributed by atoms with Gasteiger partial charge in [-0.2, -0.15) is 0 Å². The lowest BCUT2D eigenvalue weighted by atomic mass is 9.99. The van der Waals surface area contributed by atoms with Crippen LogP contribution in [0.2, 0.25) is 0 Å². The molecule has 1 saturated heterocycles. The average molecular weight is 305 g/mol. The number of aliphatic hydroxyl groups is 1. The summed E-state index contributed by atoms with van der Waals surface area (Å²) in [6, 6.07) is 7.16. The molecule has 1 heterocycles. The van der Waals surface area contributed by atoms with E-state index in [-0.39, 0.29) is 6.61 Å². The molecular formula is C18H31N3O. The second-order valence-electron chi connectivity index (χ2n) is 6.26. The predicted octanol–water partition coefficient (Wildman–Crippen LogP) is 1.56. The Kier molecular flexibility index (Phi) is 6.83. The Bertz CT molecular complexity index is 458. The number of nitrogens with one attached hydrogen (secondary N) is 1. The highest BCUT2D eigenvalue weighted by atomic mass is 16.3. The van der Waals surface area contributed by atoms with Gasteiger partial charge in [-0.15, -0.1) is 0 Å². The van der Waals surface area contributed by atoms with Crippen LogP contribution in [0.1, 0.15) is 29.7 Å². The molecule has 0 radical (unpaired) electrons. The summed E-state index contributed by atoms with van der Waals surface area (Å²) in [5.74, 6) is 0. The fraction of sp³-hybridized carbons (Fsp3) is 0.667. The first-order valence-corrected chi connectivity index (χ1v) is 8.50. The third-order valence-corrected chi connectivity index (χ3v) is 4.79. The van der Waals surface area contributed by atoms with Crippen molar-refractivity contribution in [1.29, 1.82) is 0 Å². The summed E-state index contributed by atoms with van der Waals surface area (Å²) in [5, 5.41) is 12.8. The number of aryl methyl sites for hydroxylation is 2. The van der Waals surface area contributed by atoms with Crippen LogP contribution in [0.5, 0.6) is 0 Å². The van der Waals surface area contributed by atoms with E-state index in [0.717, 1.165) is 45.8 Å². The highest BCUT2D eigenvalue weighted by Gasteiger charge is 2.23. The van der Waals surface area contributed by atoms with Gasteiger partial charge in [-0.25, -0.2) is 0 Å². The molecule has 4 nitrogen and oxygen atoms in total. The second kappa shape index (κ2) is 8.63. The van der Waals surface area contributed by atoms with E-state index in [1.165, 1.54) is 16.7 Å². The molecule has 1 fully saturated rings. The van der Waals surface area contributed by atoms with E-state index in [1.807, 2.05) is 0 Å². The molecule has 124 valence electrons. The third-order valence-electron chi connectivity index (χ3n) is 4.79. The van der Waals surface area contributed by atoms with Crippen LogP contribution in [0, 0.1) is 13.8 Å². The fourth-order valence-corrected chi connectivity index (χ4v) is 3.20. The summed E-state index contributed by atoms with van der Waals surface area (Å²) in [6.07, 6.45) is 0. The Morgan fingerprint density at radius 2 is 1.95 bits per heavy atom. The van der Waals surface area contributed by atoms with Gasteiger partial charge in [0.15, 0.2) is 0 Å². The van der Waals surface area contributed by atoms with E-state index in [1.54, 1.807) is 0 Å². The van der Waals surface area contributed by atoms with Crippen LogP contribution < -0.4 is 5.32 Å². The Morgan fingerprint density at radius 3 is 2.55 bits per heavy atom. The predicted molar refractivity (Wildman–Crippen MR) is 92.3 cm³/mol. The number of benzene rings is 1. The van der Waals surface area contributed by atoms with Gasteiger partial charge in [0, 0.05) is 45.3 Å². The van der Waals surface area contributed by atoms with Crippen molar-refractivity contribution in [3.8, 4) is 0 Å². The van der Waals surface area contributed by atoms with Crippen molar-refractivity contribution in [3.05, 3.63) is 34.9 Å². The lowest BCUT2D eigenvalue weighted by Gasteiger charge is -2.37. The van der Waals surface area contributed by atoms with E-state index in [2.05, 4.69) is 54.1 Å². The van der Waals surface area contributed by atoms with Crippen molar-refractivity contribution < 1.29 is 5.11 Å². The van der Waals surface area contributed by atoms with Gasteiger partial charge in [-0.1, -0.05) is 25.1 Å². The molecule has 2 rings (SSSR count). The van der Waals surface area contributed by atoms with E-state index in [9.17, 15) is 5.11 Å². The number of likely N-dealkylation sites (N-methyl/N-ethyl adjacent to an activating group) is 1. The normalized spacial score (nSPS) is 17.9. The minimum atomic E-state index is 0.219. The largest absolute Gasteiger partial charge is 0.395 e. The quantitative estimate of drug-likeness (QED) is 0.802. The molecule has 22 heavy (non-hydrogen) atoms. The minimum Gasteiger partial charge on any atom is -0.395 e. The zero-order valence-electron chi connectivity index (χ0n) is 14.3. The van der Waals surface area contributed by atoms with Gasteiger partial charge in [-0.05, 0) is 37.1 Å². The topological polar surface area (TPSA) is 38.7 Å². The number of nitrogens with zero attached hydrogens (tertiary/aromatic N) is 2. The van der Waals surface area contributed by atoms with Crippen molar-refractivity contribution >= 4 is 0 Å². The van der Waals surface area contributed by atoms with Gasteiger partial charge in [-0.3, -0.25) is 9.80 Å². The summed E-state index contributed by atoms with van der Waals surface area (Å²) in [5.41, 5.74) is 4.06. The molecule has 1 aromatic rings. The maximum absolute atomic E-state index is 9.40. The average Bonchev–Trinajstić information content (AvgIpc) is 2.54. The summed E-state index contributed by atoms with van der Waals surface area (Å²) in [6.45, 7) is 13.9. The maximum Gasteiger partial charge on any atom is 0.0558 e. The van der Waals surface area contributed by atoms with Gasteiger partial charge in [0.2, 0.25) is 0 Å². The van der Waals surface area contributed by atoms with Crippen LogP contribution in [-0.4, -0.2) is 67.3 Å². The molecule has 0 aromatic heterocycles. The highest BCUT2D eigenvalue weighted by Crippen LogP contribution is 2.24. The van der Waals surface area contributed by atoms with Crippen molar-refractivity contribution in [1.82, 2.24) is 15.1 Å².